The molecule has 3 heteroatoms. The Morgan fingerprint density at radius 2 is 2.11 bits per heavy atom. The van der Waals surface area contributed by atoms with Gasteiger partial charge in [-0.05, 0) is 43.9 Å². The molecule has 1 aliphatic carbocycles. The Labute approximate surface area is 108 Å². The van der Waals surface area contributed by atoms with Crippen molar-refractivity contribution in [1.29, 1.82) is 0 Å². The minimum absolute atomic E-state index is 0.729. The van der Waals surface area contributed by atoms with E-state index in [1.165, 1.54) is 35.1 Å². The zero-order valence-electron chi connectivity index (χ0n) is 11.0. The summed E-state index contributed by atoms with van der Waals surface area (Å²) < 4.78 is 0. The van der Waals surface area contributed by atoms with Gasteiger partial charge in [-0.2, -0.15) is 5.10 Å². The van der Waals surface area contributed by atoms with Crippen molar-refractivity contribution in [3.63, 3.8) is 0 Å². The Hall–Kier alpha value is -1.61. The minimum atomic E-state index is 0.729. The lowest BCUT2D eigenvalue weighted by atomic mass is 10.0. The van der Waals surface area contributed by atoms with Gasteiger partial charge in [0, 0.05) is 23.7 Å². The molecule has 0 aliphatic heterocycles. The molecule has 0 unspecified atom stereocenters. The smallest absolute Gasteiger partial charge is 0.0695 e. The highest BCUT2D eigenvalue weighted by Crippen LogP contribution is 2.25. The third-order valence-corrected chi connectivity index (χ3v) is 3.67. The number of hydrogen-bond donors (Lipinski definition) is 2. The third kappa shape index (κ3) is 2.31. The maximum atomic E-state index is 4.18. The van der Waals surface area contributed by atoms with E-state index >= 15 is 0 Å². The monoisotopic (exact) mass is 241 g/mol. The number of rotatable bonds is 4. The second-order valence-corrected chi connectivity index (χ2v) is 5.22. The summed E-state index contributed by atoms with van der Waals surface area (Å²) in [6.45, 7) is 5.20. The second-order valence-electron chi connectivity index (χ2n) is 5.22. The Kier molecular flexibility index (Phi) is 2.92. The van der Waals surface area contributed by atoms with E-state index < -0.39 is 0 Å². The molecule has 1 aromatic heterocycles. The maximum Gasteiger partial charge on any atom is 0.0695 e. The summed E-state index contributed by atoms with van der Waals surface area (Å²) in [5.41, 5.74) is 6.28. The Morgan fingerprint density at radius 3 is 2.83 bits per heavy atom. The van der Waals surface area contributed by atoms with Gasteiger partial charge in [-0.1, -0.05) is 12.1 Å². The lowest BCUT2D eigenvalue weighted by molar-refractivity contribution is 0.689. The fraction of sp³-hybridized carbons (Fsp3) is 0.400. The number of aryl methyl sites for hydroxylation is 2. The highest BCUT2D eigenvalue weighted by Gasteiger charge is 2.21. The topological polar surface area (TPSA) is 40.7 Å². The van der Waals surface area contributed by atoms with Crippen LogP contribution in [0, 0.1) is 13.8 Å². The van der Waals surface area contributed by atoms with Crippen LogP contribution in [0.25, 0.3) is 11.3 Å². The van der Waals surface area contributed by atoms with Crippen LogP contribution in [0.5, 0.6) is 0 Å². The molecule has 3 rings (SSSR count). The van der Waals surface area contributed by atoms with Gasteiger partial charge in [0.2, 0.25) is 0 Å². The van der Waals surface area contributed by atoms with E-state index in [9.17, 15) is 0 Å². The first-order chi connectivity index (χ1) is 8.74. The number of H-pyrrole nitrogens is 1. The molecule has 3 nitrogen and oxygen atoms in total. The normalized spacial score (nSPS) is 15.0. The SMILES string of the molecule is Cc1ccc(-c2[nH]ncc2CNC2CC2)cc1C. The third-order valence-electron chi connectivity index (χ3n) is 3.67. The van der Waals surface area contributed by atoms with Crippen LogP contribution in [0.2, 0.25) is 0 Å². The number of nitrogens with one attached hydrogen (secondary N) is 2. The lowest BCUT2D eigenvalue weighted by Crippen LogP contribution is -2.15. The van der Waals surface area contributed by atoms with Crippen molar-refractivity contribution in [3.05, 3.63) is 41.1 Å². The van der Waals surface area contributed by atoms with Crippen molar-refractivity contribution < 1.29 is 0 Å². The van der Waals surface area contributed by atoms with Gasteiger partial charge in [-0.25, -0.2) is 0 Å². The van der Waals surface area contributed by atoms with Crippen LogP contribution in [-0.2, 0) is 6.54 Å². The first-order valence-electron chi connectivity index (χ1n) is 6.57. The molecular formula is C15H19N3. The molecule has 1 saturated carbocycles. The Balaban J connectivity index is 1.85. The van der Waals surface area contributed by atoms with Crippen LogP contribution in [-0.4, -0.2) is 16.2 Å². The summed E-state index contributed by atoms with van der Waals surface area (Å²) >= 11 is 0. The summed E-state index contributed by atoms with van der Waals surface area (Å²) in [7, 11) is 0. The molecule has 94 valence electrons. The van der Waals surface area contributed by atoms with E-state index in [1.807, 2.05) is 6.20 Å². The van der Waals surface area contributed by atoms with E-state index in [0.29, 0.717) is 0 Å². The first-order valence-corrected chi connectivity index (χ1v) is 6.57. The summed E-state index contributed by atoms with van der Waals surface area (Å²) in [5, 5.41) is 10.8. The average molecular weight is 241 g/mol. The molecule has 0 radical (unpaired) electrons. The molecule has 1 heterocycles. The van der Waals surface area contributed by atoms with Crippen LogP contribution in [0.3, 0.4) is 0 Å². The van der Waals surface area contributed by atoms with Gasteiger partial charge in [-0.3, -0.25) is 5.10 Å². The highest BCUT2D eigenvalue weighted by molar-refractivity contribution is 5.64. The van der Waals surface area contributed by atoms with Gasteiger partial charge in [0.15, 0.2) is 0 Å². The first kappa shape index (κ1) is 11.5. The molecule has 0 amide bonds. The zero-order chi connectivity index (χ0) is 12.5. The quantitative estimate of drug-likeness (QED) is 0.864. The molecule has 1 aromatic carbocycles. The highest BCUT2D eigenvalue weighted by atomic mass is 15.1. The molecule has 0 atom stereocenters. The summed E-state index contributed by atoms with van der Waals surface area (Å²) in [5.74, 6) is 0. The average Bonchev–Trinajstić information content (AvgIpc) is 3.08. The second kappa shape index (κ2) is 4.58. The van der Waals surface area contributed by atoms with Crippen LogP contribution in [0.15, 0.2) is 24.4 Å². The fourth-order valence-electron chi connectivity index (χ4n) is 2.13. The molecule has 0 saturated heterocycles. The Bertz CT molecular complexity index is 553. The van der Waals surface area contributed by atoms with Crippen LogP contribution in [0.4, 0.5) is 0 Å². The van der Waals surface area contributed by atoms with Crippen molar-refractivity contribution in [2.45, 2.75) is 39.3 Å². The van der Waals surface area contributed by atoms with Gasteiger partial charge < -0.3 is 5.32 Å². The summed E-state index contributed by atoms with van der Waals surface area (Å²) in [6, 6.07) is 7.29. The van der Waals surface area contributed by atoms with Crippen LogP contribution >= 0.6 is 0 Å². The van der Waals surface area contributed by atoms with Gasteiger partial charge >= 0.3 is 0 Å². The number of aromatic amines is 1. The fourth-order valence-corrected chi connectivity index (χ4v) is 2.13. The summed E-state index contributed by atoms with van der Waals surface area (Å²) in [4.78, 5) is 0. The molecule has 1 aliphatic rings. The summed E-state index contributed by atoms with van der Waals surface area (Å²) in [6.07, 6.45) is 4.56. The maximum absolute atomic E-state index is 4.18. The van der Waals surface area contributed by atoms with Crippen molar-refractivity contribution in [1.82, 2.24) is 15.5 Å². The molecule has 2 aromatic rings. The van der Waals surface area contributed by atoms with E-state index in [-0.39, 0.29) is 0 Å². The minimum Gasteiger partial charge on any atom is -0.310 e. The van der Waals surface area contributed by atoms with Gasteiger partial charge in [0.1, 0.15) is 0 Å². The van der Waals surface area contributed by atoms with E-state index in [1.54, 1.807) is 0 Å². The standard InChI is InChI=1S/C15H19N3/c1-10-3-4-12(7-11(10)2)15-13(9-17-18-15)8-16-14-5-6-14/h3-4,7,9,14,16H,5-6,8H2,1-2H3,(H,17,18). The van der Waals surface area contributed by atoms with Crippen LogP contribution < -0.4 is 5.32 Å². The number of nitrogens with zero attached hydrogens (tertiary/aromatic N) is 1. The van der Waals surface area contributed by atoms with Gasteiger partial charge in [-0.15, -0.1) is 0 Å². The zero-order valence-corrected chi connectivity index (χ0v) is 11.0. The molecule has 2 N–H and O–H groups in total. The van der Waals surface area contributed by atoms with E-state index in [2.05, 4.69) is 47.6 Å². The van der Waals surface area contributed by atoms with E-state index in [4.69, 9.17) is 0 Å². The van der Waals surface area contributed by atoms with E-state index in [0.717, 1.165) is 18.3 Å². The molecular weight excluding hydrogens is 222 g/mol. The largest absolute Gasteiger partial charge is 0.310 e. The van der Waals surface area contributed by atoms with Crippen molar-refractivity contribution in [3.8, 4) is 11.3 Å². The molecule has 0 bridgehead atoms. The predicted octanol–water partition coefficient (Wildman–Crippen LogP) is 2.95. The van der Waals surface area contributed by atoms with Crippen LogP contribution in [0.1, 0.15) is 29.5 Å². The lowest BCUT2D eigenvalue weighted by Gasteiger charge is -2.07. The van der Waals surface area contributed by atoms with Crippen molar-refractivity contribution in [2.75, 3.05) is 0 Å². The Morgan fingerprint density at radius 1 is 1.28 bits per heavy atom. The van der Waals surface area contributed by atoms with Gasteiger partial charge in [0.05, 0.1) is 11.9 Å². The van der Waals surface area contributed by atoms with Crippen molar-refractivity contribution in [2.24, 2.45) is 0 Å². The number of hydrogen-bond acceptors (Lipinski definition) is 2. The molecule has 0 spiro atoms. The van der Waals surface area contributed by atoms with Crippen molar-refractivity contribution >= 4 is 0 Å². The predicted molar refractivity (Wildman–Crippen MR) is 73.4 cm³/mol. The molecule has 18 heavy (non-hydrogen) atoms. The number of aromatic nitrogens is 2. The number of benzene rings is 1. The molecule has 1 fully saturated rings. The van der Waals surface area contributed by atoms with Gasteiger partial charge in [0.25, 0.3) is 0 Å².